The van der Waals surface area contributed by atoms with Gasteiger partial charge in [-0.3, -0.25) is 4.79 Å². The molecule has 0 bridgehead atoms. The Kier molecular flexibility index (Phi) is 5.91. The summed E-state index contributed by atoms with van der Waals surface area (Å²) in [5.74, 6) is 0.435. The highest BCUT2D eigenvalue weighted by atomic mass is 19.4. The summed E-state index contributed by atoms with van der Waals surface area (Å²) in [4.78, 5) is 12.5. The number of alkyl halides is 3. The lowest BCUT2D eigenvalue weighted by Crippen LogP contribution is -2.26. The van der Waals surface area contributed by atoms with Crippen LogP contribution in [0.2, 0.25) is 0 Å². The molecule has 5 nitrogen and oxygen atoms in total. The molecule has 0 spiro atoms. The van der Waals surface area contributed by atoms with Crippen molar-refractivity contribution in [3.8, 4) is 11.4 Å². The number of halogens is 3. The quantitative estimate of drug-likeness (QED) is 0.672. The Balaban J connectivity index is 1.67. The molecule has 0 aliphatic carbocycles. The van der Waals surface area contributed by atoms with Gasteiger partial charge in [0.15, 0.2) is 0 Å². The summed E-state index contributed by atoms with van der Waals surface area (Å²) >= 11 is 0. The fourth-order valence-electron chi connectivity index (χ4n) is 2.91. The Morgan fingerprint density at radius 2 is 1.90 bits per heavy atom. The molecule has 152 valence electrons. The number of hydrogen-bond acceptors (Lipinski definition) is 3. The first-order valence-corrected chi connectivity index (χ1v) is 8.93. The van der Waals surface area contributed by atoms with Crippen molar-refractivity contribution in [1.29, 1.82) is 0 Å². The molecule has 29 heavy (non-hydrogen) atoms. The normalized spacial score (nSPS) is 11.3. The van der Waals surface area contributed by atoms with Crippen LogP contribution < -0.4 is 10.1 Å². The van der Waals surface area contributed by atoms with Gasteiger partial charge in [0, 0.05) is 6.54 Å². The zero-order valence-electron chi connectivity index (χ0n) is 16.0. The van der Waals surface area contributed by atoms with Crippen LogP contribution >= 0.6 is 0 Å². The molecule has 0 fully saturated rings. The lowest BCUT2D eigenvalue weighted by Gasteiger charge is -2.10. The van der Waals surface area contributed by atoms with Crippen LogP contribution in [0.15, 0.2) is 54.7 Å². The molecular formula is C21H20F3N3O2. The number of benzene rings is 2. The van der Waals surface area contributed by atoms with Crippen molar-refractivity contribution in [3.05, 3.63) is 77.1 Å². The Morgan fingerprint density at radius 1 is 1.17 bits per heavy atom. The van der Waals surface area contributed by atoms with E-state index in [-0.39, 0.29) is 11.6 Å². The summed E-state index contributed by atoms with van der Waals surface area (Å²) in [6, 6.07) is 12.4. The molecule has 8 heteroatoms. The highest BCUT2D eigenvalue weighted by molar-refractivity contribution is 5.95. The number of amides is 1. The first-order chi connectivity index (χ1) is 13.8. The topological polar surface area (TPSA) is 56.1 Å². The smallest absolute Gasteiger partial charge is 0.416 e. The van der Waals surface area contributed by atoms with E-state index in [1.165, 1.54) is 23.0 Å². The second-order valence-electron chi connectivity index (χ2n) is 6.46. The van der Waals surface area contributed by atoms with Crippen molar-refractivity contribution in [1.82, 2.24) is 15.1 Å². The summed E-state index contributed by atoms with van der Waals surface area (Å²) < 4.78 is 45.2. The van der Waals surface area contributed by atoms with Gasteiger partial charge in [0.1, 0.15) is 5.75 Å². The zero-order valence-corrected chi connectivity index (χ0v) is 16.0. The monoisotopic (exact) mass is 403 g/mol. The van der Waals surface area contributed by atoms with E-state index in [1.54, 1.807) is 14.0 Å². The molecule has 0 unspecified atom stereocenters. The third kappa shape index (κ3) is 4.77. The lowest BCUT2D eigenvalue weighted by atomic mass is 10.1. The standard InChI is InChI=1S/C21H20F3N3O2/c1-14-19(20(28)25-11-10-15-6-8-18(29-2)9-7-15)13-26-27(14)17-5-3-4-16(12-17)21(22,23)24/h3-9,12-13H,10-11H2,1-2H3,(H,25,28). The average molecular weight is 403 g/mol. The second-order valence-corrected chi connectivity index (χ2v) is 6.46. The molecule has 3 rings (SSSR count). The number of methoxy groups -OCH3 is 1. The summed E-state index contributed by atoms with van der Waals surface area (Å²) in [5.41, 5.74) is 1.30. The van der Waals surface area contributed by atoms with E-state index >= 15 is 0 Å². The van der Waals surface area contributed by atoms with Crippen molar-refractivity contribution in [2.45, 2.75) is 19.5 Å². The molecule has 3 aromatic rings. The van der Waals surface area contributed by atoms with Crippen molar-refractivity contribution in [3.63, 3.8) is 0 Å². The van der Waals surface area contributed by atoms with Gasteiger partial charge in [0.05, 0.1) is 35.8 Å². The number of carbonyl (C=O) groups excluding carboxylic acids is 1. The largest absolute Gasteiger partial charge is 0.497 e. The number of hydrogen-bond donors (Lipinski definition) is 1. The Labute approximate surface area is 166 Å². The third-order valence-corrected chi connectivity index (χ3v) is 4.53. The van der Waals surface area contributed by atoms with E-state index in [9.17, 15) is 18.0 Å². The van der Waals surface area contributed by atoms with Gasteiger partial charge in [-0.2, -0.15) is 18.3 Å². The molecule has 0 saturated carbocycles. The summed E-state index contributed by atoms with van der Waals surface area (Å²) in [7, 11) is 1.59. The molecule has 0 atom stereocenters. The minimum atomic E-state index is -4.45. The fourth-order valence-corrected chi connectivity index (χ4v) is 2.91. The van der Waals surface area contributed by atoms with E-state index in [1.807, 2.05) is 24.3 Å². The van der Waals surface area contributed by atoms with Crippen LogP contribution in [0.3, 0.4) is 0 Å². The van der Waals surface area contributed by atoms with E-state index in [2.05, 4.69) is 10.4 Å². The van der Waals surface area contributed by atoms with Crippen molar-refractivity contribution in [2.75, 3.05) is 13.7 Å². The Morgan fingerprint density at radius 3 is 2.55 bits per heavy atom. The van der Waals surface area contributed by atoms with Gasteiger partial charge >= 0.3 is 6.18 Å². The number of nitrogens with zero attached hydrogens (tertiary/aromatic N) is 2. The SMILES string of the molecule is COc1ccc(CCNC(=O)c2cnn(-c3cccc(C(F)(F)F)c3)c2C)cc1. The van der Waals surface area contributed by atoms with Crippen LogP contribution in [-0.4, -0.2) is 29.3 Å². The number of ether oxygens (including phenoxy) is 1. The fraction of sp³-hybridized carbons (Fsp3) is 0.238. The van der Waals surface area contributed by atoms with E-state index < -0.39 is 11.7 Å². The van der Waals surface area contributed by atoms with Crippen LogP contribution in [0.1, 0.15) is 27.2 Å². The summed E-state index contributed by atoms with van der Waals surface area (Å²) in [5, 5.41) is 6.90. The summed E-state index contributed by atoms with van der Waals surface area (Å²) in [6.07, 6.45) is -2.45. The molecule has 1 aromatic heterocycles. The first kappa shape index (κ1) is 20.4. The van der Waals surface area contributed by atoms with Gasteiger partial charge in [0.2, 0.25) is 0 Å². The third-order valence-electron chi connectivity index (χ3n) is 4.53. The van der Waals surface area contributed by atoms with Crippen LogP contribution in [0, 0.1) is 6.92 Å². The van der Waals surface area contributed by atoms with Crippen LogP contribution in [-0.2, 0) is 12.6 Å². The molecule has 0 saturated heterocycles. The highest BCUT2D eigenvalue weighted by Crippen LogP contribution is 2.30. The molecule has 0 radical (unpaired) electrons. The second kappa shape index (κ2) is 8.38. The van der Waals surface area contributed by atoms with Gasteiger partial charge in [-0.25, -0.2) is 4.68 Å². The molecule has 1 N–H and O–H groups in total. The van der Waals surface area contributed by atoms with Crippen LogP contribution in [0.4, 0.5) is 13.2 Å². The van der Waals surface area contributed by atoms with Crippen LogP contribution in [0.5, 0.6) is 5.75 Å². The lowest BCUT2D eigenvalue weighted by molar-refractivity contribution is -0.137. The van der Waals surface area contributed by atoms with E-state index in [0.29, 0.717) is 24.2 Å². The maximum atomic E-state index is 12.9. The Hall–Kier alpha value is -3.29. The van der Waals surface area contributed by atoms with Gasteiger partial charge in [-0.05, 0) is 49.2 Å². The predicted octanol–water partition coefficient (Wildman–Crippen LogP) is 4.18. The molecule has 0 aliphatic heterocycles. The highest BCUT2D eigenvalue weighted by Gasteiger charge is 2.30. The molecule has 1 amide bonds. The first-order valence-electron chi connectivity index (χ1n) is 8.93. The maximum Gasteiger partial charge on any atom is 0.416 e. The molecule has 0 aliphatic rings. The van der Waals surface area contributed by atoms with Crippen molar-refractivity contribution >= 4 is 5.91 Å². The van der Waals surface area contributed by atoms with Gasteiger partial charge < -0.3 is 10.1 Å². The average Bonchev–Trinajstić information content (AvgIpc) is 3.09. The van der Waals surface area contributed by atoms with Gasteiger partial charge in [-0.1, -0.05) is 18.2 Å². The number of carbonyl (C=O) groups is 1. The predicted molar refractivity (Wildman–Crippen MR) is 102 cm³/mol. The summed E-state index contributed by atoms with van der Waals surface area (Å²) in [6.45, 7) is 2.06. The molecule has 2 aromatic carbocycles. The van der Waals surface area contributed by atoms with Gasteiger partial charge in [0.25, 0.3) is 5.91 Å². The number of aromatic nitrogens is 2. The molecular weight excluding hydrogens is 383 g/mol. The van der Waals surface area contributed by atoms with E-state index in [4.69, 9.17) is 4.74 Å². The Bertz CT molecular complexity index is 995. The minimum absolute atomic E-state index is 0.245. The van der Waals surface area contributed by atoms with E-state index in [0.717, 1.165) is 23.4 Å². The number of rotatable bonds is 6. The zero-order chi connectivity index (χ0) is 21.0. The van der Waals surface area contributed by atoms with Crippen molar-refractivity contribution < 1.29 is 22.7 Å². The van der Waals surface area contributed by atoms with Crippen molar-refractivity contribution in [2.24, 2.45) is 0 Å². The maximum absolute atomic E-state index is 12.9. The minimum Gasteiger partial charge on any atom is -0.497 e. The van der Waals surface area contributed by atoms with Crippen LogP contribution in [0.25, 0.3) is 5.69 Å². The van der Waals surface area contributed by atoms with Gasteiger partial charge in [-0.15, -0.1) is 0 Å². The molecule has 1 heterocycles. The number of nitrogens with one attached hydrogen (secondary N) is 1.